The molecule has 0 aliphatic carbocycles. The Bertz CT molecular complexity index is 976. The molecule has 0 radical (unpaired) electrons. The van der Waals surface area contributed by atoms with Gasteiger partial charge in [0.2, 0.25) is 5.91 Å². The van der Waals surface area contributed by atoms with Crippen LogP contribution in [0.25, 0.3) is 0 Å². The van der Waals surface area contributed by atoms with Crippen LogP contribution in [0.5, 0.6) is 0 Å². The van der Waals surface area contributed by atoms with Crippen molar-refractivity contribution >= 4 is 24.1 Å². The molecule has 0 spiro atoms. The number of hydrogen-bond donors (Lipinski definition) is 3. The molecule has 0 unspecified atom stereocenters. The Morgan fingerprint density at radius 2 is 1.37 bits per heavy atom. The maximum atomic E-state index is 13.4. The first kappa shape index (κ1) is 30.3. The zero-order chi connectivity index (χ0) is 27.9. The number of carboxylic acid groups (broad SMARTS) is 1. The number of imide groups is 1. The highest BCUT2D eigenvalue weighted by Crippen LogP contribution is 2.17. The number of carbonyl (C=O) groups excluding carboxylic acids is 3. The maximum Gasteiger partial charge on any atom is 0.420 e. The molecule has 10 heteroatoms. The predicted molar refractivity (Wildman–Crippen MR) is 141 cm³/mol. The second-order valence-electron chi connectivity index (χ2n) is 9.28. The first-order chi connectivity index (χ1) is 18.2. The van der Waals surface area contributed by atoms with Crippen molar-refractivity contribution in [3.05, 3.63) is 71.8 Å². The topological polar surface area (TPSA) is 148 Å². The molecule has 10 nitrogen and oxygen atoms in total. The maximum absolute atomic E-state index is 13.4. The number of nitrogens with zero attached hydrogens (tertiary/aromatic N) is 1. The summed E-state index contributed by atoms with van der Waals surface area (Å²) in [4.78, 5) is 52.2. The first-order valence-electron chi connectivity index (χ1n) is 12.7. The van der Waals surface area contributed by atoms with Gasteiger partial charge in [0, 0.05) is 0 Å². The molecule has 0 saturated heterocycles. The standard InChI is InChI=1S/C28H37N3O7/c1-20(2)17-23(26(33)34)30-25(32)24(15-9-10-16-29)31(27(35)37-18-21-11-5-3-6-12-21)28(36)38-19-22-13-7-4-8-14-22/h3-8,11-14,20,23-24H,9-10,15-19,29H2,1-2H3,(H,30,32)(H,33,34)/t23-,24-/m0/s1. The van der Waals surface area contributed by atoms with E-state index in [9.17, 15) is 24.3 Å². The van der Waals surface area contributed by atoms with Gasteiger partial charge >= 0.3 is 18.2 Å². The minimum atomic E-state index is -1.36. The third-order valence-corrected chi connectivity index (χ3v) is 5.67. The zero-order valence-electron chi connectivity index (χ0n) is 21.9. The first-order valence-corrected chi connectivity index (χ1v) is 12.7. The molecule has 0 aliphatic rings. The summed E-state index contributed by atoms with van der Waals surface area (Å²) in [6.07, 6.45) is -0.980. The van der Waals surface area contributed by atoms with Crippen LogP contribution in [-0.2, 0) is 32.3 Å². The molecule has 0 heterocycles. The number of benzene rings is 2. The van der Waals surface area contributed by atoms with Crippen LogP contribution in [0.4, 0.5) is 9.59 Å². The molecule has 0 aliphatic heterocycles. The van der Waals surface area contributed by atoms with Crippen LogP contribution in [0.1, 0.15) is 50.7 Å². The number of carboxylic acids is 1. The zero-order valence-corrected chi connectivity index (χ0v) is 21.9. The number of rotatable bonds is 14. The SMILES string of the molecule is CC(C)C[C@H](NC(=O)[C@H](CCCCN)N(C(=O)OCc1ccccc1)C(=O)OCc1ccccc1)C(=O)O. The predicted octanol–water partition coefficient (Wildman–Crippen LogP) is 4.08. The number of nitrogens with one attached hydrogen (secondary N) is 1. The summed E-state index contributed by atoms with van der Waals surface area (Å²) in [7, 11) is 0. The van der Waals surface area contributed by atoms with Crippen LogP contribution < -0.4 is 11.1 Å². The average molecular weight is 528 g/mol. The lowest BCUT2D eigenvalue weighted by Gasteiger charge is -2.29. The highest BCUT2D eigenvalue weighted by molar-refractivity contribution is 5.96. The highest BCUT2D eigenvalue weighted by Gasteiger charge is 2.38. The summed E-state index contributed by atoms with van der Waals surface area (Å²) < 4.78 is 10.8. The fourth-order valence-corrected chi connectivity index (χ4v) is 3.73. The van der Waals surface area contributed by atoms with Crippen LogP contribution in [0, 0.1) is 5.92 Å². The normalized spacial score (nSPS) is 12.3. The summed E-state index contributed by atoms with van der Waals surface area (Å²) in [6, 6.07) is 15.2. The Kier molecular flexibility index (Phi) is 12.8. The fraction of sp³-hybridized carbons (Fsp3) is 0.429. The van der Waals surface area contributed by atoms with Gasteiger partial charge in [-0.05, 0) is 49.3 Å². The molecule has 0 bridgehead atoms. The molecule has 3 amide bonds. The number of amides is 3. The second-order valence-corrected chi connectivity index (χ2v) is 9.28. The van der Waals surface area contributed by atoms with Crippen molar-refractivity contribution in [2.24, 2.45) is 11.7 Å². The van der Waals surface area contributed by atoms with Crippen LogP contribution in [0.3, 0.4) is 0 Å². The summed E-state index contributed by atoms with van der Waals surface area (Å²) in [5.41, 5.74) is 6.98. The molecule has 2 rings (SSSR count). The van der Waals surface area contributed by atoms with Gasteiger partial charge in [-0.15, -0.1) is 0 Å². The minimum Gasteiger partial charge on any atom is -0.480 e. The van der Waals surface area contributed by atoms with Gasteiger partial charge in [0.25, 0.3) is 0 Å². The molecule has 4 N–H and O–H groups in total. The van der Waals surface area contributed by atoms with Gasteiger partial charge in [0.1, 0.15) is 25.3 Å². The van der Waals surface area contributed by atoms with E-state index < -0.39 is 36.1 Å². The van der Waals surface area contributed by atoms with Crippen molar-refractivity contribution < 1.29 is 33.8 Å². The van der Waals surface area contributed by atoms with Crippen molar-refractivity contribution in [1.29, 1.82) is 0 Å². The van der Waals surface area contributed by atoms with Gasteiger partial charge in [-0.25, -0.2) is 14.4 Å². The average Bonchev–Trinajstić information content (AvgIpc) is 2.90. The van der Waals surface area contributed by atoms with Gasteiger partial charge < -0.3 is 25.6 Å². The van der Waals surface area contributed by atoms with E-state index in [1.54, 1.807) is 48.5 Å². The van der Waals surface area contributed by atoms with Gasteiger partial charge in [0.05, 0.1) is 0 Å². The molecule has 206 valence electrons. The third-order valence-electron chi connectivity index (χ3n) is 5.67. The molecule has 0 aromatic heterocycles. The lowest BCUT2D eigenvalue weighted by Crippen LogP contribution is -2.55. The fourth-order valence-electron chi connectivity index (χ4n) is 3.73. The lowest BCUT2D eigenvalue weighted by molar-refractivity contribution is -0.143. The second kappa shape index (κ2) is 16.0. The van der Waals surface area contributed by atoms with Gasteiger partial charge in [0.15, 0.2) is 0 Å². The number of nitrogens with two attached hydrogens (primary N) is 1. The van der Waals surface area contributed by atoms with E-state index >= 15 is 0 Å². The van der Waals surface area contributed by atoms with Gasteiger partial charge in [-0.1, -0.05) is 74.5 Å². The van der Waals surface area contributed by atoms with E-state index in [0.29, 0.717) is 35.4 Å². The van der Waals surface area contributed by atoms with Gasteiger partial charge in [-0.3, -0.25) is 4.79 Å². The summed E-state index contributed by atoms with van der Waals surface area (Å²) in [5.74, 6) is -2.02. The van der Waals surface area contributed by atoms with E-state index in [1.165, 1.54) is 0 Å². The van der Waals surface area contributed by atoms with Crippen molar-refractivity contribution in [3.63, 3.8) is 0 Å². The lowest BCUT2D eigenvalue weighted by atomic mass is 10.0. The molecule has 2 aromatic carbocycles. The molecular weight excluding hydrogens is 490 g/mol. The van der Waals surface area contributed by atoms with Crippen molar-refractivity contribution in [1.82, 2.24) is 10.2 Å². The quantitative estimate of drug-likeness (QED) is 0.311. The highest BCUT2D eigenvalue weighted by atomic mass is 16.6. The minimum absolute atomic E-state index is 0.0186. The Balaban J connectivity index is 2.31. The summed E-state index contributed by atoms with van der Waals surface area (Å²) >= 11 is 0. The molecule has 2 aromatic rings. The van der Waals surface area contributed by atoms with Crippen molar-refractivity contribution in [3.8, 4) is 0 Å². The molecule has 2 atom stereocenters. The molecule has 0 fully saturated rings. The number of carbonyl (C=O) groups is 4. The largest absolute Gasteiger partial charge is 0.480 e. The van der Waals surface area contributed by atoms with Crippen LogP contribution in [0.2, 0.25) is 0 Å². The van der Waals surface area contributed by atoms with E-state index in [4.69, 9.17) is 15.2 Å². The van der Waals surface area contributed by atoms with Crippen molar-refractivity contribution in [2.45, 2.75) is 64.8 Å². The van der Waals surface area contributed by atoms with Gasteiger partial charge in [-0.2, -0.15) is 4.90 Å². The van der Waals surface area contributed by atoms with E-state index in [-0.39, 0.29) is 32.0 Å². The monoisotopic (exact) mass is 527 g/mol. The van der Waals surface area contributed by atoms with E-state index in [0.717, 1.165) is 0 Å². The Labute approximate surface area is 223 Å². The smallest absolute Gasteiger partial charge is 0.420 e. The Morgan fingerprint density at radius 3 is 1.79 bits per heavy atom. The number of unbranched alkanes of at least 4 members (excludes halogenated alkanes) is 1. The number of hydrogen-bond acceptors (Lipinski definition) is 7. The van der Waals surface area contributed by atoms with Crippen LogP contribution in [0.15, 0.2) is 60.7 Å². The summed E-state index contributed by atoms with van der Waals surface area (Å²) in [5, 5.41) is 12.1. The molecule has 0 saturated carbocycles. The van der Waals surface area contributed by atoms with Crippen LogP contribution in [-0.4, -0.2) is 52.7 Å². The summed E-state index contributed by atoms with van der Waals surface area (Å²) in [6.45, 7) is 3.73. The number of aliphatic carboxylic acids is 1. The number of ether oxygens (including phenoxy) is 2. The molecular formula is C28H37N3O7. The third kappa shape index (κ3) is 10.2. The van der Waals surface area contributed by atoms with E-state index in [1.807, 2.05) is 26.0 Å². The van der Waals surface area contributed by atoms with Crippen LogP contribution >= 0.6 is 0 Å². The van der Waals surface area contributed by atoms with E-state index in [2.05, 4.69) is 5.32 Å². The Hall–Kier alpha value is -3.92. The molecule has 38 heavy (non-hydrogen) atoms. The van der Waals surface area contributed by atoms with Crippen molar-refractivity contribution in [2.75, 3.05) is 6.54 Å². The Morgan fingerprint density at radius 1 is 0.868 bits per heavy atom.